The van der Waals surface area contributed by atoms with Crippen molar-refractivity contribution in [1.29, 1.82) is 0 Å². The van der Waals surface area contributed by atoms with Crippen molar-refractivity contribution in [3.63, 3.8) is 0 Å². The Morgan fingerprint density at radius 2 is 1.77 bits per heavy atom. The normalized spacial score (nSPS) is 19.5. The summed E-state index contributed by atoms with van der Waals surface area (Å²) in [4.78, 5) is 49.0. The molecule has 1 saturated carbocycles. The van der Waals surface area contributed by atoms with Crippen molar-refractivity contribution in [2.24, 2.45) is 0 Å². The molecule has 3 aromatic rings. The van der Waals surface area contributed by atoms with E-state index in [9.17, 15) is 14.4 Å². The largest absolute Gasteiger partial charge is 0.350 e. The Morgan fingerprint density at radius 3 is 2.51 bits per heavy atom. The minimum Gasteiger partial charge on any atom is -0.350 e. The summed E-state index contributed by atoms with van der Waals surface area (Å²) in [7, 11) is 0. The number of amides is 4. The molecule has 3 heterocycles. The third-order valence-corrected chi connectivity index (χ3v) is 7.13. The number of aryl methyl sites for hydroxylation is 1. The lowest BCUT2D eigenvalue weighted by Gasteiger charge is -2.33. The molecule has 0 bridgehead atoms. The average molecular weight is 523 g/mol. The Morgan fingerprint density at radius 1 is 1.05 bits per heavy atom. The van der Waals surface area contributed by atoms with Gasteiger partial charge in [0.15, 0.2) is 0 Å². The molecule has 39 heavy (non-hydrogen) atoms. The third kappa shape index (κ3) is 5.29. The Balaban J connectivity index is 1.44. The van der Waals surface area contributed by atoms with Gasteiger partial charge < -0.3 is 16.0 Å². The summed E-state index contributed by atoms with van der Waals surface area (Å²) >= 11 is 0. The molecule has 9 heteroatoms. The fourth-order valence-electron chi connectivity index (χ4n) is 5.16. The topological polar surface area (TPSA) is 116 Å². The predicted octanol–water partition coefficient (Wildman–Crippen LogP) is 4.38. The van der Waals surface area contributed by atoms with E-state index in [2.05, 4.69) is 32.5 Å². The Kier molecular flexibility index (Phi) is 7.23. The fraction of sp³-hybridized carbons (Fsp3) is 0.233. The van der Waals surface area contributed by atoms with Crippen molar-refractivity contribution in [1.82, 2.24) is 25.9 Å². The van der Waals surface area contributed by atoms with Gasteiger partial charge in [0.1, 0.15) is 0 Å². The van der Waals surface area contributed by atoms with Crippen LogP contribution in [-0.4, -0.2) is 39.9 Å². The highest BCUT2D eigenvalue weighted by molar-refractivity contribution is 6.13. The van der Waals surface area contributed by atoms with Crippen LogP contribution in [0.5, 0.6) is 0 Å². The Hall–Kier alpha value is -4.79. The number of anilines is 2. The van der Waals surface area contributed by atoms with Gasteiger partial charge in [-0.1, -0.05) is 36.9 Å². The van der Waals surface area contributed by atoms with Crippen LogP contribution in [0.4, 0.5) is 16.2 Å². The monoisotopic (exact) mass is 522 g/mol. The maximum absolute atomic E-state index is 13.5. The summed E-state index contributed by atoms with van der Waals surface area (Å²) in [6.45, 7) is 7.04. The van der Waals surface area contributed by atoms with Crippen LogP contribution in [0.15, 0.2) is 79.2 Å². The summed E-state index contributed by atoms with van der Waals surface area (Å²) in [5, 5.41) is 8.90. The zero-order valence-electron chi connectivity index (χ0n) is 21.9. The maximum Gasteiger partial charge on any atom is 0.330 e. The molecule has 0 radical (unpaired) electrons. The van der Waals surface area contributed by atoms with Crippen LogP contribution >= 0.6 is 0 Å². The molecule has 1 aliphatic carbocycles. The van der Waals surface area contributed by atoms with Gasteiger partial charge in [-0.3, -0.25) is 24.5 Å². The number of benzene rings is 1. The molecule has 2 aliphatic rings. The lowest BCUT2D eigenvalue weighted by atomic mass is 10.00. The van der Waals surface area contributed by atoms with Gasteiger partial charge >= 0.3 is 6.03 Å². The minimum atomic E-state index is -0.381. The molecule has 0 unspecified atom stereocenters. The van der Waals surface area contributed by atoms with E-state index in [0.29, 0.717) is 40.3 Å². The smallest absolute Gasteiger partial charge is 0.330 e. The molecule has 0 saturated heterocycles. The van der Waals surface area contributed by atoms with E-state index in [-0.39, 0.29) is 29.9 Å². The van der Waals surface area contributed by atoms with Crippen LogP contribution in [0.25, 0.3) is 17.0 Å². The summed E-state index contributed by atoms with van der Waals surface area (Å²) in [6, 6.07) is 14.7. The molecule has 2 atom stereocenters. The van der Waals surface area contributed by atoms with Crippen LogP contribution in [-0.2, 0) is 9.59 Å². The van der Waals surface area contributed by atoms with Gasteiger partial charge in [0.05, 0.1) is 22.8 Å². The number of nitrogens with zero attached hydrogens (tertiary/aromatic N) is 3. The van der Waals surface area contributed by atoms with E-state index >= 15 is 0 Å². The number of hydrogen-bond donors (Lipinski definition) is 3. The number of nitrogens with one attached hydrogen (secondary N) is 3. The zero-order valence-corrected chi connectivity index (χ0v) is 21.9. The molecule has 9 nitrogen and oxygen atoms in total. The van der Waals surface area contributed by atoms with Gasteiger partial charge in [-0.2, -0.15) is 0 Å². The van der Waals surface area contributed by atoms with Crippen LogP contribution in [0.3, 0.4) is 0 Å². The molecule has 0 spiro atoms. The average Bonchev–Trinajstić information content (AvgIpc) is 3.39. The first kappa shape index (κ1) is 25.8. The minimum absolute atomic E-state index is 0.00925. The molecule has 5 rings (SSSR count). The quantitative estimate of drug-likeness (QED) is 0.416. The molecule has 198 valence electrons. The summed E-state index contributed by atoms with van der Waals surface area (Å²) in [5.41, 5.74) is 5.15. The van der Waals surface area contributed by atoms with Gasteiger partial charge in [-0.15, -0.1) is 0 Å². The van der Waals surface area contributed by atoms with E-state index in [1.54, 1.807) is 36.4 Å². The number of carbonyl (C=O) groups is 3. The van der Waals surface area contributed by atoms with Crippen molar-refractivity contribution < 1.29 is 14.4 Å². The fourth-order valence-corrected chi connectivity index (χ4v) is 5.16. The highest BCUT2D eigenvalue weighted by Gasteiger charge is 2.33. The van der Waals surface area contributed by atoms with Crippen LogP contribution < -0.4 is 20.9 Å². The molecule has 1 aliphatic heterocycles. The van der Waals surface area contributed by atoms with Crippen molar-refractivity contribution in [2.75, 3.05) is 4.90 Å². The summed E-state index contributed by atoms with van der Waals surface area (Å²) in [5.74, 6) is -0.492. The van der Waals surface area contributed by atoms with Gasteiger partial charge in [-0.05, 0) is 57.4 Å². The third-order valence-electron chi connectivity index (χ3n) is 7.13. The number of rotatable bonds is 6. The van der Waals surface area contributed by atoms with E-state index in [0.717, 1.165) is 24.1 Å². The number of fused-ring (bicyclic) bond motifs is 1. The predicted molar refractivity (Wildman–Crippen MR) is 150 cm³/mol. The van der Waals surface area contributed by atoms with Crippen LogP contribution in [0.2, 0.25) is 0 Å². The van der Waals surface area contributed by atoms with E-state index in [1.165, 1.54) is 6.08 Å². The second-order valence-corrected chi connectivity index (χ2v) is 9.71. The van der Waals surface area contributed by atoms with E-state index in [1.807, 2.05) is 43.3 Å². The molecule has 1 aromatic carbocycles. The van der Waals surface area contributed by atoms with E-state index in [4.69, 9.17) is 0 Å². The van der Waals surface area contributed by atoms with Gasteiger partial charge in [0.2, 0.25) is 11.8 Å². The molecule has 3 N–H and O–H groups in total. The number of carbonyl (C=O) groups excluding carboxylic acids is 3. The number of hydrogen-bond acceptors (Lipinski definition) is 5. The molecule has 2 aromatic heterocycles. The van der Waals surface area contributed by atoms with Crippen molar-refractivity contribution >= 4 is 34.9 Å². The second kappa shape index (κ2) is 10.9. The van der Waals surface area contributed by atoms with E-state index < -0.39 is 0 Å². The Bertz CT molecular complexity index is 1480. The highest BCUT2D eigenvalue weighted by Crippen LogP contribution is 2.39. The second-order valence-electron chi connectivity index (χ2n) is 9.71. The lowest BCUT2D eigenvalue weighted by Crippen LogP contribution is -2.43. The molecule has 1 fully saturated rings. The number of aromatic nitrogens is 2. The lowest BCUT2D eigenvalue weighted by molar-refractivity contribution is -0.118. The van der Waals surface area contributed by atoms with Crippen molar-refractivity contribution in [2.45, 2.75) is 45.2 Å². The van der Waals surface area contributed by atoms with Gasteiger partial charge in [-0.25, -0.2) is 4.79 Å². The summed E-state index contributed by atoms with van der Waals surface area (Å²) in [6.07, 6.45) is 6.74. The number of urea groups is 1. The van der Waals surface area contributed by atoms with Crippen molar-refractivity contribution in [3.05, 3.63) is 90.4 Å². The zero-order chi connectivity index (χ0) is 27.5. The highest BCUT2D eigenvalue weighted by atomic mass is 16.2. The molecular formula is C30H30N6O3. The van der Waals surface area contributed by atoms with Gasteiger partial charge in [0, 0.05) is 46.9 Å². The first-order valence-electron chi connectivity index (χ1n) is 12.9. The van der Waals surface area contributed by atoms with Gasteiger partial charge in [0.25, 0.3) is 0 Å². The molecular weight excluding hydrogens is 492 g/mol. The van der Waals surface area contributed by atoms with Crippen LogP contribution in [0.1, 0.15) is 37.4 Å². The maximum atomic E-state index is 13.5. The standard InChI is InChI=1S/C30H30N6O3/c1-4-26(37)33-21-10-11-22(16-21)34-29(38)18(2)28-27-19(3)31-15-13-25(27)36(30(39)35-28)23-12-14-32-24(17-23)20-8-6-5-7-9-20/h4-9,12-15,17,21-22H,1,10-11,16H2,2-3H3,(H,33,37)(H,34,38)(H,35,39)/b28-18-/t21-,22+/m0/s1. The first-order valence-corrected chi connectivity index (χ1v) is 12.9. The molecule has 4 amide bonds. The number of pyridine rings is 2. The van der Waals surface area contributed by atoms with Crippen molar-refractivity contribution in [3.8, 4) is 11.3 Å². The summed E-state index contributed by atoms with van der Waals surface area (Å²) < 4.78 is 0. The first-order chi connectivity index (χ1) is 18.9. The SMILES string of the molecule is C=CC(=O)N[C@H]1CC[C@@H](NC(=O)/C(C)=C2\NC(=O)N(c3ccnc(-c4ccccc4)c3)c3ccnc(C)c32)C1. The Labute approximate surface area is 227 Å². The van der Waals surface area contributed by atoms with Crippen LogP contribution in [0, 0.1) is 6.92 Å².